The van der Waals surface area contributed by atoms with Crippen molar-refractivity contribution in [3.05, 3.63) is 89.9 Å². The molecule has 2 aromatic carbocycles. The summed E-state index contributed by atoms with van der Waals surface area (Å²) in [6, 6.07) is 20.6. The topological polar surface area (TPSA) is 74.6 Å². The van der Waals surface area contributed by atoms with E-state index in [0.717, 1.165) is 26.1 Å². The molecular formula is C23H23N3O3. The third-order valence-electron chi connectivity index (χ3n) is 5.01. The highest BCUT2D eigenvalue weighted by Crippen LogP contribution is 2.15. The van der Waals surface area contributed by atoms with Gasteiger partial charge in [-0.2, -0.15) is 0 Å². The van der Waals surface area contributed by atoms with Crippen LogP contribution in [0.2, 0.25) is 0 Å². The van der Waals surface area contributed by atoms with Gasteiger partial charge in [-0.05, 0) is 48.4 Å². The third kappa shape index (κ3) is 4.92. The molecule has 1 aromatic heterocycles. The lowest BCUT2D eigenvalue weighted by molar-refractivity contribution is 0.0937. The van der Waals surface area contributed by atoms with Gasteiger partial charge in [-0.3, -0.25) is 14.5 Å². The summed E-state index contributed by atoms with van der Waals surface area (Å²) in [6.45, 7) is 2.72. The summed E-state index contributed by atoms with van der Waals surface area (Å²) in [6.07, 6.45) is 2.39. The molecule has 2 amide bonds. The highest BCUT2D eigenvalue weighted by molar-refractivity contribution is 6.02. The van der Waals surface area contributed by atoms with Crippen LogP contribution in [0.4, 0.5) is 5.69 Å². The Balaban J connectivity index is 1.28. The van der Waals surface area contributed by atoms with Crippen LogP contribution >= 0.6 is 0 Å². The van der Waals surface area contributed by atoms with Gasteiger partial charge in [0.25, 0.3) is 11.8 Å². The van der Waals surface area contributed by atoms with E-state index in [0.29, 0.717) is 11.3 Å². The number of hydrogen-bond donors (Lipinski definition) is 2. The number of furan rings is 1. The Morgan fingerprint density at radius 3 is 2.48 bits per heavy atom. The number of amides is 2. The van der Waals surface area contributed by atoms with Crippen LogP contribution in [-0.4, -0.2) is 35.8 Å². The highest BCUT2D eigenvalue weighted by Gasteiger charge is 2.24. The Labute approximate surface area is 169 Å². The fraction of sp³-hybridized carbons (Fsp3) is 0.217. The lowest BCUT2D eigenvalue weighted by atomic mass is 10.1. The van der Waals surface area contributed by atoms with E-state index in [-0.39, 0.29) is 23.6 Å². The molecule has 1 saturated heterocycles. The maximum absolute atomic E-state index is 12.6. The summed E-state index contributed by atoms with van der Waals surface area (Å²) in [5, 5.41) is 5.85. The number of benzene rings is 2. The molecule has 6 nitrogen and oxygen atoms in total. The lowest BCUT2D eigenvalue weighted by Gasteiger charge is -2.17. The molecule has 29 heavy (non-hydrogen) atoms. The van der Waals surface area contributed by atoms with Crippen LogP contribution in [0.15, 0.2) is 77.4 Å². The second kappa shape index (κ2) is 8.75. The first kappa shape index (κ1) is 19.0. The molecule has 0 radical (unpaired) electrons. The second-order valence-electron chi connectivity index (χ2n) is 7.19. The molecule has 0 saturated carbocycles. The smallest absolute Gasteiger partial charge is 0.291 e. The van der Waals surface area contributed by atoms with Gasteiger partial charge in [-0.1, -0.05) is 30.3 Å². The van der Waals surface area contributed by atoms with E-state index < -0.39 is 0 Å². The van der Waals surface area contributed by atoms with Crippen LogP contribution < -0.4 is 10.6 Å². The lowest BCUT2D eigenvalue weighted by Crippen LogP contribution is -2.36. The van der Waals surface area contributed by atoms with Crippen molar-refractivity contribution >= 4 is 17.5 Å². The largest absolute Gasteiger partial charge is 0.459 e. The van der Waals surface area contributed by atoms with E-state index in [1.807, 2.05) is 18.2 Å². The quantitative estimate of drug-likeness (QED) is 0.676. The molecular weight excluding hydrogens is 366 g/mol. The number of anilines is 1. The molecule has 1 atom stereocenters. The summed E-state index contributed by atoms with van der Waals surface area (Å²) in [5.41, 5.74) is 2.46. The molecule has 0 spiro atoms. The van der Waals surface area contributed by atoms with Crippen molar-refractivity contribution in [2.45, 2.75) is 19.0 Å². The van der Waals surface area contributed by atoms with Gasteiger partial charge in [0.05, 0.1) is 6.26 Å². The van der Waals surface area contributed by atoms with E-state index in [1.165, 1.54) is 11.8 Å². The molecule has 3 aromatic rings. The molecule has 2 N–H and O–H groups in total. The number of carbonyl (C=O) groups excluding carboxylic acids is 2. The van der Waals surface area contributed by atoms with Gasteiger partial charge in [0.15, 0.2) is 5.76 Å². The summed E-state index contributed by atoms with van der Waals surface area (Å²) in [7, 11) is 0. The van der Waals surface area contributed by atoms with Crippen molar-refractivity contribution in [1.29, 1.82) is 0 Å². The van der Waals surface area contributed by atoms with Gasteiger partial charge in [0, 0.05) is 36.9 Å². The maximum atomic E-state index is 12.6. The molecule has 1 fully saturated rings. The second-order valence-corrected chi connectivity index (χ2v) is 7.19. The molecule has 0 aliphatic carbocycles. The first-order chi connectivity index (χ1) is 14.2. The zero-order chi connectivity index (χ0) is 20.1. The third-order valence-corrected chi connectivity index (χ3v) is 5.01. The Morgan fingerprint density at radius 2 is 1.76 bits per heavy atom. The number of rotatable bonds is 6. The molecule has 1 aliphatic heterocycles. The van der Waals surface area contributed by atoms with Crippen LogP contribution in [0.3, 0.4) is 0 Å². The van der Waals surface area contributed by atoms with E-state index in [4.69, 9.17) is 4.42 Å². The van der Waals surface area contributed by atoms with Gasteiger partial charge < -0.3 is 15.1 Å². The van der Waals surface area contributed by atoms with E-state index in [2.05, 4.69) is 27.7 Å². The van der Waals surface area contributed by atoms with Gasteiger partial charge in [-0.15, -0.1) is 0 Å². The molecule has 6 heteroatoms. The van der Waals surface area contributed by atoms with Crippen molar-refractivity contribution in [3.8, 4) is 0 Å². The van der Waals surface area contributed by atoms with Gasteiger partial charge in [-0.25, -0.2) is 0 Å². The van der Waals surface area contributed by atoms with Crippen LogP contribution in [0.1, 0.15) is 32.9 Å². The standard InChI is InChI=1S/C23H23N3O3/c27-22(25-20-12-13-26(16-20)15-17-5-2-1-3-6-17)18-8-10-19(11-9-18)24-23(28)21-7-4-14-29-21/h1-11,14,20H,12-13,15-16H2,(H,24,28)(H,25,27). The Kier molecular flexibility index (Phi) is 5.72. The van der Waals surface area contributed by atoms with Crippen LogP contribution in [0.5, 0.6) is 0 Å². The minimum atomic E-state index is -0.323. The number of hydrogen-bond acceptors (Lipinski definition) is 4. The average Bonchev–Trinajstić information content (AvgIpc) is 3.42. The first-order valence-electron chi connectivity index (χ1n) is 9.69. The van der Waals surface area contributed by atoms with Crippen LogP contribution in [0, 0.1) is 0 Å². The summed E-state index contributed by atoms with van der Waals surface area (Å²) in [4.78, 5) is 26.9. The van der Waals surface area contributed by atoms with Crippen molar-refractivity contribution in [3.63, 3.8) is 0 Å². The molecule has 148 valence electrons. The molecule has 1 unspecified atom stereocenters. The fourth-order valence-electron chi connectivity index (χ4n) is 3.51. The van der Waals surface area contributed by atoms with Crippen LogP contribution in [0.25, 0.3) is 0 Å². The number of nitrogens with zero attached hydrogens (tertiary/aromatic N) is 1. The summed E-state index contributed by atoms with van der Waals surface area (Å²) < 4.78 is 5.07. The predicted molar refractivity (Wildman–Crippen MR) is 111 cm³/mol. The minimum absolute atomic E-state index is 0.0968. The summed E-state index contributed by atoms with van der Waals surface area (Å²) >= 11 is 0. The molecule has 2 heterocycles. The zero-order valence-electron chi connectivity index (χ0n) is 16.0. The van der Waals surface area contributed by atoms with Gasteiger partial charge in [0.2, 0.25) is 0 Å². The van der Waals surface area contributed by atoms with E-state index in [9.17, 15) is 9.59 Å². The fourth-order valence-corrected chi connectivity index (χ4v) is 3.51. The number of nitrogens with one attached hydrogen (secondary N) is 2. The molecule has 1 aliphatic rings. The first-order valence-corrected chi connectivity index (χ1v) is 9.69. The van der Waals surface area contributed by atoms with Crippen molar-refractivity contribution in [1.82, 2.24) is 10.2 Å². The van der Waals surface area contributed by atoms with E-state index in [1.54, 1.807) is 36.4 Å². The van der Waals surface area contributed by atoms with Crippen molar-refractivity contribution in [2.24, 2.45) is 0 Å². The Bertz CT molecular complexity index is 953. The van der Waals surface area contributed by atoms with E-state index >= 15 is 0 Å². The maximum Gasteiger partial charge on any atom is 0.291 e. The molecule has 0 bridgehead atoms. The highest BCUT2D eigenvalue weighted by atomic mass is 16.3. The van der Waals surface area contributed by atoms with Gasteiger partial charge >= 0.3 is 0 Å². The van der Waals surface area contributed by atoms with Gasteiger partial charge in [0.1, 0.15) is 0 Å². The minimum Gasteiger partial charge on any atom is -0.459 e. The SMILES string of the molecule is O=C(NC1CCN(Cc2ccccc2)C1)c1ccc(NC(=O)c2ccco2)cc1. The predicted octanol–water partition coefficient (Wildman–Crippen LogP) is 3.54. The monoisotopic (exact) mass is 389 g/mol. The normalized spacial score (nSPS) is 16.5. The van der Waals surface area contributed by atoms with Crippen molar-refractivity contribution < 1.29 is 14.0 Å². The number of likely N-dealkylation sites (tertiary alicyclic amines) is 1. The van der Waals surface area contributed by atoms with Crippen LogP contribution in [-0.2, 0) is 6.54 Å². The Hall–Kier alpha value is -3.38. The number of carbonyl (C=O) groups is 2. The average molecular weight is 389 g/mol. The van der Waals surface area contributed by atoms with Crippen molar-refractivity contribution in [2.75, 3.05) is 18.4 Å². The zero-order valence-corrected chi connectivity index (χ0v) is 16.0. The Morgan fingerprint density at radius 1 is 0.966 bits per heavy atom. The summed E-state index contributed by atoms with van der Waals surface area (Å²) in [5.74, 6) is -0.176. The molecule has 4 rings (SSSR count).